The summed E-state index contributed by atoms with van der Waals surface area (Å²) in [5.41, 5.74) is -0.478. The number of rotatable bonds is 6. The Morgan fingerprint density at radius 2 is 1.95 bits per heavy atom. The van der Waals surface area contributed by atoms with Crippen LogP contribution in [-0.4, -0.2) is 83.2 Å². The van der Waals surface area contributed by atoms with Crippen LogP contribution in [0.15, 0.2) is 41.4 Å². The summed E-state index contributed by atoms with van der Waals surface area (Å²) in [5, 5.41) is 20.4. The zero-order valence-electron chi connectivity index (χ0n) is 22.3. The Hall–Kier alpha value is -3.04. The van der Waals surface area contributed by atoms with Crippen molar-refractivity contribution in [2.24, 2.45) is 5.92 Å². The van der Waals surface area contributed by atoms with Gasteiger partial charge in [0.05, 0.1) is 24.1 Å². The number of aliphatic hydroxyl groups excluding tert-OH is 1. The number of hydrogen-bond donors (Lipinski definition) is 2. The van der Waals surface area contributed by atoms with E-state index in [1.807, 2.05) is 6.92 Å². The second-order valence-corrected chi connectivity index (χ2v) is 12.5. The fraction of sp³-hybridized carbons (Fsp3) is 0.500. The van der Waals surface area contributed by atoms with Crippen LogP contribution in [0.4, 0.5) is 4.39 Å². The van der Waals surface area contributed by atoms with Gasteiger partial charge in [0.15, 0.2) is 0 Å². The average Bonchev–Trinajstić information content (AvgIpc) is 3.35. The van der Waals surface area contributed by atoms with Gasteiger partial charge >= 0.3 is 0 Å². The summed E-state index contributed by atoms with van der Waals surface area (Å²) in [6.45, 7) is 3.43. The van der Waals surface area contributed by atoms with E-state index in [1.165, 1.54) is 30.3 Å². The third-order valence-electron chi connectivity index (χ3n) is 7.35. The van der Waals surface area contributed by atoms with E-state index in [1.54, 1.807) is 13.0 Å². The number of aliphatic hydroxyl groups is 2. The van der Waals surface area contributed by atoms with Crippen molar-refractivity contribution in [1.29, 1.82) is 0 Å². The van der Waals surface area contributed by atoms with E-state index in [9.17, 15) is 27.8 Å². The number of carbonyl (C=O) groups excluding carboxylic acids is 1. The summed E-state index contributed by atoms with van der Waals surface area (Å²) in [4.78, 5) is 19.4. The molecule has 4 rings (SSSR count). The number of sulfonamides is 1. The molecule has 0 radical (unpaired) electrons. The lowest BCUT2D eigenvalue weighted by atomic mass is 10.00. The van der Waals surface area contributed by atoms with Crippen molar-refractivity contribution in [2.75, 3.05) is 26.7 Å². The maximum Gasteiger partial charge on any atom is 0.259 e. The van der Waals surface area contributed by atoms with Gasteiger partial charge in [0.25, 0.3) is 5.91 Å². The van der Waals surface area contributed by atoms with Gasteiger partial charge in [-0.1, -0.05) is 18.8 Å². The van der Waals surface area contributed by atoms with Crippen molar-refractivity contribution >= 4 is 15.9 Å². The Labute approximate surface area is 228 Å². The van der Waals surface area contributed by atoms with Gasteiger partial charge < -0.3 is 19.8 Å². The van der Waals surface area contributed by atoms with Crippen LogP contribution in [0.5, 0.6) is 5.88 Å². The first-order chi connectivity index (χ1) is 18.4. The topological polar surface area (TPSA) is 120 Å². The number of aromatic nitrogens is 1. The molecule has 0 saturated heterocycles. The molecule has 1 saturated carbocycles. The van der Waals surface area contributed by atoms with Crippen LogP contribution in [0.3, 0.4) is 0 Å². The quantitative estimate of drug-likeness (QED) is 0.522. The van der Waals surface area contributed by atoms with Crippen LogP contribution >= 0.6 is 0 Å². The van der Waals surface area contributed by atoms with E-state index in [0.29, 0.717) is 18.4 Å². The molecule has 1 aromatic carbocycles. The number of halogens is 1. The van der Waals surface area contributed by atoms with Crippen molar-refractivity contribution in [1.82, 2.24) is 14.2 Å². The molecule has 0 unspecified atom stereocenters. The van der Waals surface area contributed by atoms with Gasteiger partial charge in [-0.25, -0.2) is 17.8 Å². The first kappa shape index (κ1) is 29.0. The van der Waals surface area contributed by atoms with Crippen LogP contribution in [0.1, 0.15) is 55.5 Å². The molecule has 1 aromatic heterocycles. The van der Waals surface area contributed by atoms with Gasteiger partial charge in [0, 0.05) is 31.3 Å². The molecule has 0 bridgehead atoms. The van der Waals surface area contributed by atoms with Crippen LogP contribution in [-0.2, 0) is 10.0 Å². The lowest BCUT2D eigenvalue weighted by Gasteiger charge is -2.37. The van der Waals surface area contributed by atoms with E-state index in [4.69, 9.17) is 4.74 Å². The number of ether oxygens (including phenoxy) is 1. The summed E-state index contributed by atoms with van der Waals surface area (Å²) >= 11 is 0. The van der Waals surface area contributed by atoms with Crippen LogP contribution < -0.4 is 4.74 Å². The third-order valence-corrected chi connectivity index (χ3v) is 9.19. The fourth-order valence-corrected chi connectivity index (χ4v) is 5.98. The number of amides is 1. The Balaban J connectivity index is 1.66. The number of likely N-dealkylation sites (N-methyl/N-ethyl adjacent to an activating group) is 1. The smallest absolute Gasteiger partial charge is 0.259 e. The molecule has 2 heterocycles. The van der Waals surface area contributed by atoms with Crippen molar-refractivity contribution < 1.29 is 32.6 Å². The molecule has 2 aromatic rings. The maximum atomic E-state index is 13.6. The Bertz CT molecular complexity index is 1370. The molecular formula is C28H34FN3O6S. The van der Waals surface area contributed by atoms with Crippen LogP contribution in [0.2, 0.25) is 0 Å². The zero-order chi connectivity index (χ0) is 28.4. The number of benzene rings is 1. The lowest BCUT2D eigenvalue weighted by Crippen LogP contribution is -2.50. The molecule has 9 nitrogen and oxygen atoms in total. The molecule has 1 fully saturated rings. The predicted octanol–water partition coefficient (Wildman–Crippen LogP) is 2.42. The molecule has 11 heteroatoms. The highest BCUT2D eigenvalue weighted by Gasteiger charge is 2.36. The van der Waals surface area contributed by atoms with E-state index in [2.05, 4.69) is 16.8 Å². The molecule has 1 aliphatic carbocycles. The molecule has 0 spiro atoms. The summed E-state index contributed by atoms with van der Waals surface area (Å²) in [6.07, 6.45) is 3.75. The minimum Gasteiger partial charge on any atom is -0.472 e. The summed E-state index contributed by atoms with van der Waals surface area (Å²) in [7, 11) is -2.54. The standard InChI is InChI=1S/C28H34FN3O6S/c1-19-16-32(20(2)18-33)27(34)24-14-21(10-13-28(35)11-4-5-12-28)15-30-26(24)38-25(19)17-31(3)39(36,37)23-8-6-22(29)7-9-23/h6-9,14-15,19-20,25,33,35H,4-5,11-12,16-18H2,1-3H3/t19-,20+,25+/m1/s1. The average molecular weight is 560 g/mol. The second-order valence-electron chi connectivity index (χ2n) is 10.4. The van der Waals surface area contributed by atoms with Crippen molar-refractivity contribution in [3.05, 3.63) is 53.5 Å². The lowest BCUT2D eigenvalue weighted by molar-refractivity contribution is 0.0373. The van der Waals surface area contributed by atoms with Crippen molar-refractivity contribution in [2.45, 2.75) is 62.2 Å². The van der Waals surface area contributed by atoms with Gasteiger partial charge in [-0.3, -0.25) is 4.79 Å². The first-order valence-electron chi connectivity index (χ1n) is 13.0. The van der Waals surface area contributed by atoms with Crippen molar-refractivity contribution in [3.63, 3.8) is 0 Å². The van der Waals surface area contributed by atoms with Gasteiger partial charge in [0.2, 0.25) is 15.9 Å². The molecular weight excluding hydrogens is 525 g/mol. The Morgan fingerprint density at radius 3 is 2.59 bits per heavy atom. The number of hydrogen-bond acceptors (Lipinski definition) is 7. The summed E-state index contributed by atoms with van der Waals surface area (Å²) < 4.78 is 46.9. The molecule has 1 amide bonds. The number of nitrogens with zero attached hydrogens (tertiary/aromatic N) is 3. The van der Waals surface area contributed by atoms with Crippen molar-refractivity contribution in [3.8, 4) is 17.7 Å². The van der Waals surface area contributed by atoms with Crippen LogP contribution in [0, 0.1) is 23.6 Å². The second kappa shape index (κ2) is 11.6. The number of pyridine rings is 1. The molecule has 210 valence electrons. The van der Waals surface area contributed by atoms with Gasteiger partial charge in [-0.05, 0) is 62.9 Å². The zero-order valence-corrected chi connectivity index (χ0v) is 23.1. The highest BCUT2D eigenvalue weighted by Crippen LogP contribution is 2.30. The summed E-state index contributed by atoms with van der Waals surface area (Å²) in [6, 6.07) is 5.62. The minimum atomic E-state index is -3.95. The maximum absolute atomic E-state index is 13.6. The number of carbonyl (C=O) groups is 1. The minimum absolute atomic E-state index is 0.0319. The Morgan fingerprint density at radius 1 is 1.28 bits per heavy atom. The monoisotopic (exact) mass is 559 g/mol. The molecule has 2 N–H and O–H groups in total. The van der Waals surface area contributed by atoms with Crippen LogP contribution in [0.25, 0.3) is 0 Å². The number of fused-ring (bicyclic) bond motifs is 1. The Kier molecular flexibility index (Phi) is 8.61. The van der Waals surface area contributed by atoms with E-state index < -0.39 is 33.6 Å². The molecule has 1 aliphatic heterocycles. The van der Waals surface area contributed by atoms with Gasteiger partial charge in [-0.2, -0.15) is 4.31 Å². The van der Waals surface area contributed by atoms with Gasteiger partial charge in [0.1, 0.15) is 23.1 Å². The highest BCUT2D eigenvalue weighted by molar-refractivity contribution is 7.89. The molecule has 3 atom stereocenters. The summed E-state index contributed by atoms with van der Waals surface area (Å²) in [5.74, 6) is 4.61. The van der Waals surface area contributed by atoms with Gasteiger partial charge in [-0.15, -0.1) is 0 Å². The third kappa shape index (κ3) is 6.41. The van der Waals surface area contributed by atoms with E-state index in [-0.39, 0.29) is 47.9 Å². The highest BCUT2D eigenvalue weighted by atomic mass is 32.2. The first-order valence-corrected chi connectivity index (χ1v) is 14.4. The normalized spacial score (nSPS) is 21.8. The van der Waals surface area contributed by atoms with E-state index in [0.717, 1.165) is 29.3 Å². The SMILES string of the molecule is C[C@@H]1CN([C@@H](C)CO)C(=O)c2cc(C#CC3(O)CCCC3)cnc2O[C@H]1CN(C)S(=O)(=O)c1ccc(F)cc1. The largest absolute Gasteiger partial charge is 0.472 e. The predicted molar refractivity (Wildman–Crippen MR) is 142 cm³/mol. The molecule has 39 heavy (non-hydrogen) atoms. The fourth-order valence-electron chi connectivity index (χ4n) is 4.80. The molecule has 2 aliphatic rings. The van der Waals surface area contributed by atoms with E-state index >= 15 is 0 Å².